The van der Waals surface area contributed by atoms with Gasteiger partial charge in [-0.05, 0) is 44.0 Å². The number of aromatic nitrogens is 4. The Kier molecular flexibility index (Phi) is 7.64. The largest absolute Gasteiger partial charge is 0.416 e. The molecule has 1 aromatic carbocycles. The summed E-state index contributed by atoms with van der Waals surface area (Å²) in [6.45, 7) is 3.68. The number of fused-ring (bicyclic) bond motifs is 1. The molecule has 214 valence electrons. The number of imidazole rings is 1. The lowest BCUT2D eigenvalue weighted by Crippen LogP contribution is -2.51. The maximum absolute atomic E-state index is 13.0. The summed E-state index contributed by atoms with van der Waals surface area (Å²) in [7, 11) is 0. The highest BCUT2D eigenvalue weighted by molar-refractivity contribution is 6.04. The molecule has 1 atom stereocenters. The number of benzene rings is 1. The Morgan fingerprint density at radius 3 is 2.63 bits per heavy atom. The number of nitrogen functional groups attached to an aromatic ring is 1. The molecule has 0 saturated carbocycles. The van der Waals surface area contributed by atoms with Crippen molar-refractivity contribution >= 4 is 35.0 Å². The summed E-state index contributed by atoms with van der Waals surface area (Å²) in [5.74, 6) is 0.0922. The molecule has 0 unspecified atom stereocenters. The minimum atomic E-state index is -4.55. The lowest BCUT2D eigenvalue weighted by Gasteiger charge is -2.33. The van der Waals surface area contributed by atoms with E-state index in [2.05, 4.69) is 30.8 Å². The van der Waals surface area contributed by atoms with Crippen LogP contribution < -0.4 is 26.6 Å². The third-order valence-corrected chi connectivity index (χ3v) is 6.69. The van der Waals surface area contributed by atoms with Crippen LogP contribution in [0.5, 0.6) is 0 Å². The molecule has 1 fully saturated rings. The van der Waals surface area contributed by atoms with E-state index in [-0.39, 0.29) is 29.3 Å². The highest BCUT2D eigenvalue weighted by Crippen LogP contribution is 2.33. The zero-order valence-electron chi connectivity index (χ0n) is 22.1. The van der Waals surface area contributed by atoms with E-state index in [0.29, 0.717) is 35.8 Å². The lowest BCUT2D eigenvalue weighted by molar-refractivity contribution is -0.137. The van der Waals surface area contributed by atoms with Gasteiger partial charge in [0.15, 0.2) is 0 Å². The fourth-order valence-electron chi connectivity index (χ4n) is 4.79. The molecule has 1 aliphatic heterocycles. The number of piperidine rings is 1. The van der Waals surface area contributed by atoms with Crippen molar-refractivity contribution in [2.75, 3.05) is 35.6 Å². The number of urea groups is 1. The van der Waals surface area contributed by atoms with Gasteiger partial charge in [0.2, 0.25) is 5.95 Å². The first-order chi connectivity index (χ1) is 19.6. The van der Waals surface area contributed by atoms with Gasteiger partial charge < -0.3 is 26.6 Å². The molecule has 4 aromatic rings. The average Bonchev–Trinajstić information content (AvgIpc) is 3.34. The minimum Gasteiger partial charge on any atom is -0.382 e. The number of pyridine rings is 1. The van der Waals surface area contributed by atoms with Crippen LogP contribution in [0.3, 0.4) is 0 Å². The van der Waals surface area contributed by atoms with Crippen LogP contribution in [-0.2, 0) is 6.18 Å². The topological polar surface area (TPSA) is 143 Å². The van der Waals surface area contributed by atoms with Gasteiger partial charge in [-0.3, -0.25) is 9.20 Å². The number of nitrogens with one attached hydrogen (secondary N) is 3. The van der Waals surface area contributed by atoms with Gasteiger partial charge in [0.25, 0.3) is 5.91 Å². The molecule has 0 bridgehead atoms. The fraction of sp³-hybridized carbons (Fsp3) is 0.296. The lowest BCUT2D eigenvalue weighted by atomic mass is 10.1. The maximum atomic E-state index is 13.0. The predicted molar refractivity (Wildman–Crippen MR) is 147 cm³/mol. The number of hydrogen-bond donors (Lipinski definition) is 4. The molecular formula is C27H28F3N9O2. The van der Waals surface area contributed by atoms with Gasteiger partial charge in [-0.15, -0.1) is 0 Å². The zero-order chi connectivity index (χ0) is 29.1. The Labute approximate surface area is 233 Å². The van der Waals surface area contributed by atoms with Crippen LogP contribution in [-0.4, -0.2) is 57.0 Å². The van der Waals surface area contributed by atoms with Crippen molar-refractivity contribution in [1.82, 2.24) is 30.0 Å². The van der Waals surface area contributed by atoms with Crippen LogP contribution in [0.1, 0.15) is 35.7 Å². The van der Waals surface area contributed by atoms with Crippen molar-refractivity contribution in [3.8, 4) is 11.3 Å². The molecule has 0 radical (unpaired) electrons. The number of rotatable bonds is 6. The SMILES string of the molecule is CCNC(=O)N[C@@H]1CCCN(c2nc(-c3ccc(C(=O)Nc4cc(C(F)(F)F)ccn4)cc3)c3c(N)nccn23)C1. The number of nitrogens with zero attached hydrogens (tertiary/aromatic N) is 5. The normalized spacial score (nSPS) is 15.5. The Balaban J connectivity index is 1.39. The molecule has 3 aromatic heterocycles. The van der Waals surface area contributed by atoms with Crippen molar-refractivity contribution < 1.29 is 22.8 Å². The van der Waals surface area contributed by atoms with Crippen LogP contribution in [0.2, 0.25) is 0 Å². The number of carbonyl (C=O) groups is 2. The van der Waals surface area contributed by atoms with Crippen molar-refractivity contribution in [2.45, 2.75) is 32.0 Å². The van der Waals surface area contributed by atoms with E-state index >= 15 is 0 Å². The first-order valence-electron chi connectivity index (χ1n) is 13.0. The highest BCUT2D eigenvalue weighted by atomic mass is 19.4. The molecule has 0 aliphatic carbocycles. The molecule has 0 spiro atoms. The highest BCUT2D eigenvalue weighted by Gasteiger charge is 2.31. The van der Waals surface area contributed by atoms with Gasteiger partial charge in [-0.1, -0.05) is 12.1 Å². The molecule has 5 rings (SSSR count). The summed E-state index contributed by atoms with van der Waals surface area (Å²) in [5.41, 5.74) is 7.38. The van der Waals surface area contributed by atoms with E-state index in [1.807, 2.05) is 11.3 Å². The smallest absolute Gasteiger partial charge is 0.382 e. The molecule has 1 saturated heterocycles. The minimum absolute atomic E-state index is 0.0607. The molecule has 5 N–H and O–H groups in total. The number of alkyl halides is 3. The molecule has 1 aliphatic rings. The summed E-state index contributed by atoms with van der Waals surface area (Å²) in [6.07, 6.45) is 1.48. The Hall–Kier alpha value is -4.88. The van der Waals surface area contributed by atoms with Gasteiger partial charge >= 0.3 is 12.2 Å². The quantitative estimate of drug-likeness (QED) is 0.277. The second-order valence-corrected chi connectivity index (χ2v) is 9.54. The number of carbonyl (C=O) groups excluding carboxylic acids is 2. The second kappa shape index (κ2) is 11.3. The fourth-order valence-corrected chi connectivity index (χ4v) is 4.79. The molecule has 11 nitrogen and oxygen atoms in total. The molecular weight excluding hydrogens is 539 g/mol. The molecule has 14 heteroatoms. The Morgan fingerprint density at radius 1 is 1.12 bits per heavy atom. The number of anilines is 3. The number of nitrogens with two attached hydrogens (primary N) is 1. The molecule has 41 heavy (non-hydrogen) atoms. The van der Waals surface area contributed by atoms with E-state index in [0.717, 1.165) is 37.7 Å². The summed E-state index contributed by atoms with van der Waals surface area (Å²) in [5, 5.41) is 8.15. The third-order valence-electron chi connectivity index (χ3n) is 6.69. The average molecular weight is 568 g/mol. The van der Waals surface area contributed by atoms with Crippen molar-refractivity contribution in [1.29, 1.82) is 0 Å². The van der Waals surface area contributed by atoms with Gasteiger partial charge in [0.1, 0.15) is 22.8 Å². The Bertz CT molecular complexity index is 1570. The Morgan fingerprint density at radius 2 is 1.90 bits per heavy atom. The van der Waals surface area contributed by atoms with Gasteiger partial charge in [0.05, 0.1) is 5.56 Å². The van der Waals surface area contributed by atoms with Gasteiger partial charge in [0, 0.05) is 55.4 Å². The monoisotopic (exact) mass is 567 g/mol. The predicted octanol–water partition coefficient (Wildman–Crippen LogP) is 3.93. The summed E-state index contributed by atoms with van der Waals surface area (Å²) < 4.78 is 40.9. The second-order valence-electron chi connectivity index (χ2n) is 9.54. The summed E-state index contributed by atoms with van der Waals surface area (Å²) >= 11 is 0. The first-order valence-corrected chi connectivity index (χ1v) is 13.0. The van der Waals surface area contributed by atoms with Crippen molar-refractivity contribution in [2.24, 2.45) is 0 Å². The molecule has 4 heterocycles. The van der Waals surface area contributed by atoms with Crippen LogP contribution in [0.25, 0.3) is 16.8 Å². The number of amides is 3. The zero-order valence-corrected chi connectivity index (χ0v) is 22.1. The number of hydrogen-bond acceptors (Lipinski definition) is 7. The first kappa shape index (κ1) is 27.7. The van der Waals surface area contributed by atoms with Crippen molar-refractivity contribution in [3.05, 3.63) is 66.1 Å². The van der Waals surface area contributed by atoms with E-state index in [4.69, 9.17) is 10.7 Å². The van der Waals surface area contributed by atoms with E-state index in [1.54, 1.807) is 36.7 Å². The summed E-state index contributed by atoms with van der Waals surface area (Å²) in [4.78, 5) is 39.8. The van der Waals surface area contributed by atoms with Crippen LogP contribution in [0, 0.1) is 0 Å². The van der Waals surface area contributed by atoms with Crippen LogP contribution in [0.15, 0.2) is 55.0 Å². The van der Waals surface area contributed by atoms with Crippen LogP contribution in [0.4, 0.5) is 35.5 Å². The van der Waals surface area contributed by atoms with Gasteiger partial charge in [-0.25, -0.2) is 19.7 Å². The standard InChI is InChI=1S/C27H28F3N9O2/c1-2-32-25(41)35-19-4-3-12-38(15-19)26-37-21(22-23(31)34-11-13-39(22)26)16-5-7-17(8-6-16)24(40)36-20-14-18(9-10-33-20)27(28,29)30/h5-11,13-14,19H,2-4,12,15H2,1H3,(H2,31,34)(H2,32,35,41)(H,33,36,40)/t19-/m1/s1. The van der Waals surface area contributed by atoms with E-state index < -0.39 is 17.6 Å². The van der Waals surface area contributed by atoms with Crippen molar-refractivity contribution in [3.63, 3.8) is 0 Å². The third kappa shape index (κ3) is 6.00. The number of halogens is 3. The van der Waals surface area contributed by atoms with E-state index in [9.17, 15) is 22.8 Å². The molecule has 3 amide bonds. The van der Waals surface area contributed by atoms with Gasteiger partial charge in [-0.2, -0.15) is 13.2 Å². The maximum Gasteiger partial charge on any atom is 0.416 e. The van der Waals surface area contributed by atoms with E-state index in [1.165, 1.54) is 0 Å². The summed E-state index contributed by atoms with van der Waals surface area (Å²) in [6, 6.07) is 7.79. The van der Waals surface area contributed by atoms with Crippen LogP contribution >= 0.6 is 0 Å².